The third-order valence-electron chi connectivity index (χ3n) is 5.53. The quantitative estimate of drug-likeness (QED) is 0.649. The van der Waals surface area contributed by atoms with E-state index in [1.807, 2.05) is 0 Å². The first-order valence-electron chi connectivity index (χ1n) is 10.7. The number of hydrogen-bond donors (Lipinski definition) is 1. The fraction of sp³-hybridized carbons (Fsp3) is 0.522. The Morgan fingerprint density at radius 1 is 1.10 bits per heavy atom. The number of hydrogen-bond acceptors (Lipinski definition) is 6. The SMILES string of the molecule is Cc1cccc(N2CCN(c3nccnc3SCC(=O)NCCC(C)C)CC2)c1C. The van der Waals surface area contributed by atoms with Gasteiger partial charge in [-0.2, -0.15) is 0 Å². The Bertz CT molecular complexity index is 849. The van der Waals surface area contributed by atoms with Crippen LogP contribution in [0.5, 0.6) is 0 Å². The summed E-state index contributed by atoms with van der Waals surface area (Å²) in [6, 6.07) is 6.50. The van der Waals surface area contributed by atoms with Crippen LogP contribution in [0.25, 0.3) is 0 Å². The van der Waals surface area contributed by atoms with E-state index in [1.54, 1.807) is 12.4 Å². The summed E-state index contributed by atoms with van der Waals surface area (Å²) in [6.07, 6.45) is 4.44. The first-order valence-corrected chi connectivity index (χ1v) is 11.7. The number of aryl methyl sites for hydroxylation is 1. The summed E-state index contributed by atoms with van der Waals surface area (Å²) in [6.45, 7) is 13.1. The average molecular weight is 428 g/mol. The molecule has 0 radical (unpaired) electrons. The first-order chi connectivity index (χ1) is 14.5. The predicted octanol–water partition coefficient (Wildman–Crippen LogP) is 3.67. The highest BCUT2D eigenvalue weighted by molar-refractivity contribution is 8.00. The number of piperazine rings is 1. The summed E-state index contributed by atoms with van der Waals surface area (Å²) >= 11 is 1.47. The Morgan fingerprint density at radius 3 is 2.53 bits per heavy atom. The van der Waals surface area contributed by atoms with Crippen LogP contribution in [-0.2, 0) is 4.79 Å². The molecule has 0 bridgehead atoms. The molecule has 162 valence electrons. The molecule has 1 fully saturated rings. The van der Waals surface area contributed by atoms with Crippen molar-refractivity contribution < 1.29 is 4.79 Å². The lowest BCUT2D eigenvalue weighted by Gasteiger charge is -2.37. The number of aromatic nitrogens is 2. The van der Waals surface area contributed by atoms with Crippen molar-refractivity contribution >= 4 is 29.2 Å². The predicted molar refractivity (Wildman–Crippen MR) is 126 cm³/mol. The molecule has 0 atom stereocenters. The van der Waals surface area contributed by atoms with Gasteiger partial charge in [0.2, 0.25) is 5.91 Å². The first kappa shape index (κ1) is 22.4. The number of thioether (sulfide) groups is 1. The average Bonchev–Trinajstić information content (AvgIpc) is 2.74. The van der Waals surface area contributed by atoms with Gasteiger partial charge in [-0.3, -0.25) is 4.79 Å². The Morgan fingerprint density at radius 2 is 1.80 bits per heavy atom. The second kappa shape index (κ2) is 10.7. The zero-order chi connectivity index (χ0) is 21.5. The van der Waals surface area contributed by atoms with Gasteiger partial charge >= 0.3 is 0 Å². The number of amides is 1. The van der Waals surface area contributed by atoms with E-state index in [1.165, 1.54) is 28.6 Å². The second-order valence-corrected chi connectivity index (χ2v) is 9.16. The Labute approximate surface area is 184 Å². The number of nitrogens with zero attached hydrogens (tertiary/aromatic N) is 4. The highest BCUT2D eigenvalue weighted by Gasteiger charge is 2.22. The van der Waals surface area contributed by atoms with Gasteiger partial charge in [0.25, 0.3) is 0 Å². The van der Waals surface area contributed by atoms with E-state index in [0.717, 1.165) is 50.0 Å². The van der Waals surface area contributed by atoms with Gasteiger partial charge in [0.15, 0.2) is 5.82 Å². The zero-order valence-electron chi connectivity index (χ0n) is 18.5. The minimum Gasteiger partial charge on any atom is -0.368 e. The molecule has 0 aliphatic carbocycles. The minimum atomic E-state index is 0.0528. The van der Waals surface area contributed by atoms with Gasteiger partial charge in [0, 0.05) is 50.8 Å². The lowest BCUT2D eigenvalue weighted by atomic mass is 10.1. The van der Waals surface area contributed by atoms with Gasteiger partial charge in [0.05, 0.1) is 5.75 Å². The minimum absolute atomic E-state index is 0.0528. The van der Waals surface area contributed by atoms with E-state index < -0.39 is 0 Å². The maximum Gasteiger partial charge on any atom is 0.230 e. The normalized spacial score (nSPS) is 14.3. The smallest absolute Gasteiger partial charge is 0.230 e. The Kier molecular flexibility index (Phi) is 7.96. The molecule has 1 amide bonds. The third kappa shape index (κ3) is 5.88. The van der Waals surface area contributed by atoms with Gasteiger partial charge < -0.3 is 15.1 Å². The molecular weight excluding hydrogens is 394 g/mol. The van der Waals surface area contributed by atoms with Crippen LogP contribution in [0.15, 0.2) is 35.6 Å². The van der Waals surface area contributed by atoms with Crippen LogP contribution in [0.4, 0.5) is 11.5 Å². The van der Waals surface area contributed by atoms with Crippen molar-refractivity contribution in [2.75, 3.05) is 48.3 Å². The molecule has 7 heteroatoms. The van der Waals surface area contributed by atoms with Crippen LogP contribution in [-0.4, -0.2) is 54.4 Å². The van der Waals surface area contributed by atoms with Gasteiger partial charge in [-0.25, -0.2) is 9.97 Å². The summed E-state index contributed by atoms with van der Waals surface area (Å²) in [5.74, 6) is 1.90. The van der Waals surface area contributed by atoms with Crippen molar-refractivity contribution in [1.29, 1.82) is 0 Å². The van der Waals surface area contributed by atoms with Crippen molar-refractivity contribution in [2.45, 2.75) is 39.1 Å². The van der Waals surface area contributed by atoms with Crippen molar-refractivity contribution in [3.8, 4) is 0 Å². The number of carbonyl (C=O) groups excluding carboxylic acids is 1. The van der Waals surface area contributed by atoms with Gasteiger partial charge in [-0.1, -0.05) is 37.7 Å². The molecule has 0 unspecified atom stereocenters. The molecule has 30 heavy (non-hydrogen) atoms. The lowest BCUT2D eigenvalue weighted by molar-refractivity contribution is -0.118. The maximum atomic E-state index is 12.1. The van der Waals surface area contributed by atoms with Crippen LogP contribution in [0.1, 0.15) is 31.4 Å². The van der Waals surface area contributed by atoms with Crippen LogP contribution in [0, 0.1) is 19.8 Å². The largest absolute Gasteiger partial charge is 0.368 e. The topological polar surface area (TPSA) is 61.4 Å². The molecule has 3 rings (SSSR count). The number of benzene rings is 1. The van der Waals surface area contributed by atoms with Gasteiger partial charge in [-0.05, 0) is 43.4 Å². The van der Waals surface area contributed by atoms with E-state index in [4.69, 9.17) is 0 Å². The molecule has 1 aliphatic heterocycles. The van der Waals surface area contributed by atoms with Gasteiger partial charge in [0.1, 0.15) is 5.03 Å². The fourth-order valence-corrected chi connectivity index (χ4v) is 4.38. The number of nitrogens with one attached hydrogen (secondary N) is 1. The third-order valence-corrected chi connectivity index (χ3v) is 6.49. The molecular formula is C23H33N5OS. The second-order valence-electron chi connectivity index (χ2n) is 8.20. The van der Waals surface area contributed by atoms with E-state index in [0.29, 0.717) is 11.7 Å². The van der Waals surface area contributed by atoms with Crippen molar-refractivity contribution in [3.63, 3.8) is 0 Å². The van der Waals surface area contributed by atoms with E-state index in [-0.39, 0.29) is 5.91 Å². The molecule has 1 aliphatic rings. The van der Waals surface area contributed by atoms with Crippen LogP contribution in [0.3, 0.4) is 0 Å². The zero-order valence-corrected chi connectivity index (χ0v) is 19.3. The monoisotopic (exact) mass is 427 g/mol. The van der Waals surface area contributed by atoms with E-state index >= 15 is 0 Å². The summed E-state index contributed by atoms with van der Waals surface area (Å²) in [4.78, 5) is 26.0. The highest BCUT2D eigenvalue weighted by atomic mass is 32.2. The number of carbonyl (C=O) groups is 1. The van der Waals surface area contributed by atoms with Crippen molar-refractivity contribution in [1.82, 2.24) is 15.3 Å². The van der Waals surface area contributed by atoms with Crippen molar-refractivity contribution in [2.24, 2.45) is 5.92 Å². The molecule has 0 spiro atoms. The number of rotatable bonds is 8. The Balaban J connectivity index is 1.57. The lowest BCUT2D eigenvalue weighted by Crippen LogP contribution is -2.47. The van der Waals surface area contributed by atoms with Crippen molar-refractivity contribution in [3.05, 3.63) is 41.7 Å². The van der Waals surface area contributed by atoms with E-state index in [2.05, 4.69) is 71.0 Å². The highest BCUT2D eigenvalue weighted by Crippen LogP contribution is 2.28. The van der Waals surface area contributed by atoms with Crippen LogP contribution in [0.2, 0.25) is 0 Å². The van der Waals surface area contributed by atoms with E-state index in [9.17, 15) is 4.79 Å². The number of anilines is 2. The molecule has 1 aromatic heterocycles. The summed E-state index contributed by atoms with van der Waals surface area (Å²) in [5, 5.41) is 3.82. The van der Waals surface area contributed by atoms with Crippen LogP contribution >= 0.6 is 11.8 Å². The molecule has 1 N–H and O–H groups in total. The Hall–Kier alpha value is -2.28. The van der Waals surface area contributed by atoms with Gasteiger partial charge in [-0.15, -0.1) is 0 Å². The molecule has 2 heterocycles. The fourth-order valence-electron chi connectivity index (χ4n) is 3.56. The maximum absolute atomic E-state index is 12.1. The van der Waals surface area contributed by atoms with Crippen LogP contribution < -0.4 is 15.1 Å². The standard InChI is InChI=1S/C23H33N5OS/c1-17(2)8-9-24-21(29)16-30-23-22(25-10-11-26-23)28-14-12-27(13-15-28)20-7-5-6-18(3)19(20)4/h5-7,10-11,17H,8-9,12-16H2,1-4H3,(H,24,29). The molecule has 1 saturated heterocycles. The molecule has 1 aromatic carbocycles. The molecule has 2 aromatic rings. The summed E-state index contributed by atoms with van der Waals surface area (Å²) in [5.41, 5.74) is 4.00. The summed E-state index contributed by atoms with van der Waals surface area (Å²) in [7, 11) is 0. The molecule has 0 saturated carbocycles. The summed E-state index contributed by atoms with van der Waals surface area (Å²) < 4.78 is 0. The molecule has 6 nitrogen and oxygen atoms in total.